The van der Waals surface area contributed by atoms with Gasteiger partial charge in [0, 0.05) is 17.7 Å². The van der Waals surface area contributed by atoms with Crippen LogP contribution in [0.1, 0.15) is 27.4 Å². The summed E-state index contributed by atoms with van der Waals surface area (Å²) in [6.45, 7) is 2.60. The van der Waals surface area contributed by atoms with E-state index in [1.165, 1.54) is 0 Å². The number of fused-ring (bicyclic) bond motifs is 2. The van der Waals surface area contributed by atoms with Crippen LogP contribution in [0.3, 0.4) is 0 Å². The van der Waals surface area contributed by atoms with Gasteiger partial charge < -0.3 is 9.88 Å². The predicted octanol–water partition coefficient (Wildman–Crippen LogP) is 1.28. The van der Waals surface area contributed by atoms with E-state index in [1.807, 2.05) is 0 Å². The molecule has 0 fully saturated rings. The number of aromatic nitrogens is 4. The molecule has 0 atom stereocenters. The second kappa shape index (κ2) is 5.24. The molecule has 3 heterocycles. The summed E-state index contributed by atoms with van der Waals surface area (Å²) in [5, 5.41) is 0. The molecule has 3 aromatic rings. The van der Waals surface area contributed by atoms with Gasteiger partial charge >= 0.3 is 0 Å². The molecule has 1 amide bonds. The van der Waals surface area contributed by atoms with Gasteiger partial charge in [-0.2, -0.15) is 8.75 Å². The summed E-state index contributed by atoms with van der Waals surface area (Å²) in [7, 11) is 0. The van der Waals surface area contributed by atoms with Crippen molar-refractivity contribution in [2.45, 2.75) is 19.9 Å². The lowest BCUT2D eigenvalue weighted by molar-refractivity contribution is 0.0731. The fourth-order valence-electron chi connectivity index (χ4n) is 2.83. The number of nitrogens with one attached hydrogen (secondary N) is 1. The molecule has 23 heavy (non-hydrogen) atoms. The summed E-state index contributed by atoms with van der Waals surface area (Å²) in [5.74, 6) is 0.489. The average molecular weight is 327 g/mol. The molecule has 0 radical (unpaired) electrons. The van der Waals surface area contributed by atoms with Crippen LogP contribution in [0.5, 0.6) is 0 Å². The Hall–Kier alpha value is -2.61. The molecule has 8 heteroatoms. The van der Waals surface area contributed by atoms with E-state index >= 15 is 0 Å². The minimum absolute atomic E-state index is 0.0784. The normalized spacial score (nSPS) is 14.0. The van der Waals surface area contributed by atoms with E-state index < -0.39 is 0 Å². The zero-order valence-corrected chi connectivity index (χ0v) is 13.2. The molecule has 4 rings (SSSR count). The van der Waals surface area contributed by atoms with E-state index in [-0.39, 0.29) is 11.5 Å². The fourth-order valence-corrected chi connectivity index (χ4v) is 3.35. The molecule has 1 aliphatic heterocycles. The predicted molar refractivity (Wildman–Crippen MR) is 85.5 cm³/mol. The monoisotopic (exact) mass is 327 g/mol. The standard InChI is InChI=1S/C15H13N5O2S/c1-8-16-13-7-20(5-4-10(13)14(21)17-8)15(22)9-2-3-11-12(6-9)19-23-18-11/h2-3,6H,4-5,7H2,1H3,(H,16,17,21). The Kier molecular flexibility index (Phi) is 3.19. The highest BCUT2D eigenvalue weighted by Crippen LogP contribution is 2.19. The van der Waals surface area contributed by atoms with Crippen LogP contribution in [0.2, 0.25) is 0 Å². The Balaban J connectivity index is 1.65. The molecule has 2 aromatic heterocycles. The van der Waals surface area contributed by atoms with Gasteiger partial charge in [0.05, 0.1) is 24.0 Å². The smallest absolute Gasteiger partial charge is 0.254 e. The number of carbonyl (C=O) groups is 1. The lowest BCUT2D eigenvalue weighted by Gasteiger charge is -2.27. The van der Waals surface area contributed by atoms with Gasteiger partial charge in [0.15, 0.2) is 0 Å². The largest absolute Gasteiger partial charge is 0.332 e. The molecule has 1 aromatic carbocycles. The van der Waals surface area contributed by atoms with Crippen LogP contribution in [0.15, 0.2) is 23.0 Å². The third kappa shape index (κ3) is 2.40. The van der Waals surface area contributed by atoms with E-state index in [9.17, 15) is 9.59 Å². The van der Waals surface area contributed by atoms with Crippen molar-refractivity contribution >= 4 is 28.7 Å². The highest BCUT2D eigenvalue weighted by molar-refractivity contribution is 7.00. The first kappa shape index (κ1) is 14.0. The van der Waals surface area contributed by atoms with Gasteiger partial charge in [-0.15, -0.1) is 0 Å². The van der Waals surface area contributed by atoms with Crippen LogP contribution >= 0.6 is 11.7 Å². The highest BCUT2D eigenvalue weighted by Gasteiger charge is 2.25. The summed E-state index contributed by atoms with van der Waals surface area (Å²) in [5.41, 5.74) is 3.36. The van der Waals surface area contributed by atoms with Gasteiger partial charge in [-0.3, -0.25) is 9.59 Å². The van der Waals surface area contributed by atoms with E-state index in [4.69, 9.17) is 0 Å². The first-order valence-electron chi connectivity index (χ1n) is 7.22. The number of carbonyl (C=O) groups excluding carboxylic acids is 1. The first-order valence-corrected chi connectivity index (χ1v) is 7.95. The van der Waals surface area contributed by atoms with Crippen molar-refractivity contribution in [2.24, 2.45) is 0 Å². The lowest BCUT2D eigenvalue weighted by Crippen LogP contribution is -2.39. The number of aryl methyl sites for hydroxylation is 1. The Morgan fingerprint density at radius 2 is 2.13 bits per heavy atom. The minimum Gasteiger partial charge on any atom is -0.332 e. The fraction of sp³-hybridized carbons (Fsp3) is 0.267. The van der Waals surface area contributed by atoms with Crippen molar-refractivity contribution in [3.8, 4) is 0 Å². The van der Waals surface area contributed by atoms with Gasteiger partial charge in [0.2, 0.25) is 0 Å². The molecule has 0 aliphatic carbocycles. The zero-order valence-electron chi connectivity index (χ0n) is 12.4. The maximum absolute atomic E-state index is 12.7. The highest BCUT2D eigenvalue weighted by atomic mass is 32.1. The van der Waals surface area contributed by atoms with Gasteiger partial charge in [-0.1, -0.05) is 0 Å². The summed E-state index contributed by atoms with van der Waals surface area (Å²) >= 11 is 1.13. The molecular weight excluding hydrogens is 314 g/mol. The zero-order chi connectivity index (χ0) is 16.0. The van der Waals surface area contributed by atoms with Crippen LogP contribution in [0.25, 0.3) is 11.0 Å². The number of benzene rings is 1. The molecule has 0 unspecified atom stereocenters. The maximum Gasteiger partial charge on any atom is 0.254 e. The van der Waals surface area contributed by atoms with Crippen molar-refractivity contribution in [2.75, 3.05) is 6.54 Å². The minimum atomic E-state index is -0.102. The van der Waals surface area contributed by atoms with Crippen LogP contribution < -0.4 is 5.56 Å². The van der Waals surface area contributed by atoms with E-state index in [0.717, 1.165) is 22.8 Å². The quantitative estimate of drug-likeness (QED) is 0.727. The number of amides is 1. The Morgan fingerprint density at radius 1 is 1.30 bits per heavy atom. The molecule has 7 nitrogen and oxygen atoms in total. The van der Waals surface area contributed by atoms with E-state index in [0.29, 0.717) is 42.2 Å². The van der Waals surface area contributed by atoms with E-state index in [2.05, 4.69) is 18.7 Å². The summed E-state index contributed by atoms with van der Waals surface area (Å²) < 4.78 is 8.31. The molecule has 0 bridgehead atoms. The summed E-state index contributed by atoms with van der Waals surface area (Å²) in [6, 6.07) is 5.32. The van der Waals surface area contributed by atoms with Crippen molar-refractivity contribution in [3.05, 3.63) is 51.2 Å². The summed E-state index contributed by atoms with van der Waals surface area (Å²) in [6.07, 6.45) is 0.518. The SMILES string of the molecule is Cc1nc2c(c(=O)[nH]1)CCN(C(=O)c1ccc3nsnc3c1)C2. The van der Waals surface area contributed by atoms with E-state index in [1.54, 1.807) is 30.0 Å². The molecule has 1 N–H and O–H groups in total. The van der Waals surface area contributed by atoms with Gasteiger partial charge in [0.25, 0.3) is 11.5 Å². The van der Waals surface area contributed by atoms with Gasteiger partial charge in [-0.05, 0) is 31.5 Å². The average Bonchev–Trinajstić information content (AvgIpc) is 3.01. The molecular formula is C15H13N5O2S. The molecule has 0 saturated carbocycles. The number of nitrogens with zero attached hydrogens (tertiary/aromatic N) is 4. The van der Waals surface area contributed by atoms with Crippen LogP contribution in [-0.4, -0.2) is 36.1 Å². The first-order chi connectivity index (χ1) is 11.1. The molecule has 116 valence electrons. The topological polar surface area (TPSA) is 91.8 Å². The molecule has 0 spiro atoms. The van der Waals surface area contributed by atoms with Crippen molar-refractivity contribution in [3.63, 3.8) is 0 Å². The number of rotatable bonds is 1. The third-order valence-electron chi connectivity index (χ3n) is 3.98. The van der Waals surface area contributed by atoms with Crippen molar-refractivity contribution in [1.29, 1.82) is 0 Å². The number of aromatic amines is 1. The van der Waals surface area contributed by atoms with Crippen LogP contribution in [0, 0.1) is 6.92 Å². The number of H-pyrrole nitrogens is 1. The Bertz CT molecular complexity index is 977. The second-order valence-electron chi connectivity index (χ2n) is 5.52. The maximum atomic E-state index is 12.7. The van der Waals surface area contributed by atoms with Crippen molar-refractivity contribution in [1.82, 2.24) is 23.6 Å². The summed E-state index contributed by atoms with van der Waals surface area (Å²) in [4.78, 5) is 33.4. The lowest BCUT2D eigenvalue weighted by atomic mass is 10.0. The Morgan fingerprint density at radius 3 is 3.00 bits per heavy atom. The third-order valence-corrected chi connectivity index (χ3v) is 4.54. The molecule has 0 saturated heterocycles. The number of hydrogen-bond acceptors (Lipinski definition) is 6. The van der Waals surface area contributed by atoms with Gasteiger partial charge in [-0.25, -0.2) is 4.98 Å². The van der Waals surface area contributed by atoms with Gasteiger partial charge in [0.1, 0.15) is 16.9 Å². The van der Waals surface area contributed by atoms with Crippen LogP contribution in [-0.2, 0) is 13.0 Å². The van der Waals surface area contributed by atoms with Crippen molar-refractivity contribution < 1.29 is 4.79 Å². The molecule has 1 aliphatic rings. The van der Waals surface area contributed by atoms with Crippen LogP contribution in [0.4, 0.5) is 0 Å². The number of hydrogen-bond donors (Lipinski definition) is 1. The second-order valence-corrected chi connectivity index (χ2v) is 6.05. The Labute approximate surface area is 135 Å².